The first-order valence-electron chi connectivity index (χ1n) is 14.5. The van der Waals surface area contributed by atoms with E-state index in [1.165, 1.54) is 0 Å². The summed E-state index contributed by atoms with van der Waals surface area (Å²) in [5.74, 6) is -0.237. The fourth-order valence-corrected chi connectivity index (χ4v) is 5.28. The lowest BCUT2D eigenvalue weighted by atomic mass is 9.82. The number of aliphatic imine (C=N–C) groups is 1. The van der Waals surface area contributed by atoms with E-state index < -0.39 is 5.91 Å². The predicted molar refractivity (Wildman–Crippen MR) is 173 cm³/mol. The van der Waals surface area contributed by atoms with E-state index >= 15 is 0 Å². The summed E-state index contributed by atoms with van der Waals surface area (Å²) in [7, 11) is 6.27. The Morgan fingerprint density at radius 1 is 1.28 bits per heavy atom. The van der Waals surface area contributed by atoms with Crippen LogP contribution < -0.4 is 15.7 Å². The van der Waals surface area contributed by atoms with Gasteiger partial charge in [-0.2, -0.15) is 5.10 Å². The minimum atomic E-state index is -0.452. The van der Waals surface area contributed by atoms with Gasteiger partial charge in [0.05, 0.1) is 41.2 Å². The van der Waals surface area contributed by atoms with Crippen LogP contribution in [-0.4, -0.2) is 51.8 Å². The number of amides is 2. The molecule has 10 heteroatoms. The summed E-state index contributed by atoms with van der Waals surface area (Å²) in [6.07, 6.45) is 7.64. The lowest BCUT2D eigenvalue weighted by Gasteiger charge is -2.19. The molecule has 2 aromatic heterocycles. The number of phenolic OH excluding ortho intramolecular Hbond substituents is 1. The molecular weight excluding hydrogens is 539 g/mol. The summed E-state index contributed by atoms with van der Waals surface area (Å²) in [6.45, 7) is 18.1. The zero-order chi connectivity index (χ0) is 31.6. The number of carbonyl (C=O) groups is 2. The van der Waals surface area contributed by atoms with Gasteiger partial charge in [-0.3, -0.25) is 19.3 Å². The number of aromatic nitrogens is 3. The summed E-state index contributed by atoms with van der Waals surface area (Å²) in [5.41, 5.74) is 5.80. The van der Waals surface area contributed by atoms with Crippen molar-refractivity contribution in [2.45, 2.75) is 66.8 Å². The minimum absolute atomic E-state index is 0.0269. The van der Waals surface area contributed by atoms with Crippen molar-refractivity contribution >= 4 is 47.9 Å². The van der Waals surface area contributed by atoms with E-state index in [1.807, 2.05) is 46.8 Å². The van der Waals surface area contributed by atoms with Crippen molar-refractivity contribution in [1.29, 1.82) is 0 Å². The third-order valence-corrected chi connectivity index (χ3v) is 7.80. The molecule has 2 N–H and O–H groups in total. The minimum Gasteiger partial charge on any atom is -0.509 e. The van der Waals surface area contributed by atoms with E-state index in [1.54, 1.807) is 54.2 Å². The van der Waals surface area contributed by atoms with Gasteiger partial charge in [-0.05, 0) is 79.9 Å². The van der Waals surface area contributed by atoms with E-state index in [0.29, 0.717) is 29.1 Å². The highest BCUT2D eigenvalue weighted by Crippen LogP contribution is 2.30. The Morgan fingerprint density at radius 3 is 2.58 bits per heavy atom. The maximum atomic E-state index is 13.4. The van der Waals surface area contributed by atoms with Crippen molar-refractivity contribution in [3.8, 4) is 5.75 Å². The van der Waals surface area contributed by atoms with Crippen LogP contribution in [0.25, 0.3) is 5.70 Å². The second-order valence-corrected chi connectivity index (χ2v) is 11.4. The number of carbonyl (C=O) groups excluding carboxylic acids is 2. The van der Waals surface area contributed by atoms with Gasteiger partial charge in [0.2, 0.25) is 5.91 Å². The topological polar surface area (TPSA) is 113 Å². The van der Waals surface area contributed by atoms with Gasteiger partial charge in [0.1, 0.15) is 19.3 Å². The highest BCUT2D eigenvalue weighted by Gasteiger charge is 2.29. The summed E-state index contributed by atoms with van der Waals surface area (Å²) in [6, 6.07) is 5.15. The Kier molecular flexibility index (Phi) is 9.38. The number of nitrogens with one attached hydrogen (secondary N) is 1. The molecule has 3 heterocycles. The maximum absolute atomic E-state index is 13.4. The van der Waals surface area contributed by atoms with Crippen molar-refractivity contribution in [2.24, 2.45) is 10.9 Å². The Labute approximate surface area is 254 Å². The Balaban J connectivity index is 1.56. The second kappa shape index (κ2) is 12.8. The van der Waals surface area contributed by atoms with Gasteiger partial charge in [0.15, 0.2) is 0 Å². The number of aryl methyl sites for hydroxylation is 1. The molecule has 1 unspecified atom stereocenters. The molecule has 1 aromatic carbocycles. The number of hydrogen-bond acceptors (Lipinski definition) is 6. The second-order valence-electron chi connectivity index (χ2n) is 11.4. The largest absolute Gasteiger partial charge is 0.509 e. The summed E-state index contributed by atoms with van der Waals surface area (Å²) in [4.78, 5) is 37.0. The van der Waals surface area contributed by atoms with Crippen LogP contribution in [0.15, 0.2) is 60.0 Å². The number of phenols is 1. The average Bonchev–Trinajstić information content (AvgIpc) is 3.56. The molecule has 2 atom stereocenters. The van der Waals surface area contributed by atoms with Crippen LogP contribution in [0.1, 0.15) is 82.3 Å². The number of allylic oxidation sites excluding steroid dienone is 1. The number of nitrogens with zero attached hydrogens (tertiary/aromatic N) is 5. The first-order valence-corrected chi connectivity index (χ1v) is 14.5. The molecule has 1 fully saturated rings. The van der Waals surface area contributed by atoms with E-state index in [-0.39, 0.29) is 40.7 Å². The van der Waals surface area contributed by atoms with E-state index in [4.69, 9.17) is 7.85 Å². The van der Waals surface area contributed by atoms with Crippen molar-refractivity contribution in [3.63, 3.8) is 0 Å². The molecule has 1 aliphatic heterocycles. The SMILES string of the molecule is [B]c1c(O)ccc(C(C)C)c1/C(=C/C)N=C(C(=C)C)C(=O)Nc1cnn(C(C)c2ncc(N3CC[C@@H](C)C3=O)cc2C)c1. The molecule has 43 heavy (non-hydrogen) atoms. The molecule has 0 saturated carbocycles. The molecule has 4 rings (SSSR count). The standard InChI is InChI=1S/C33H39BN6O3/c1-9-26(28-25(18(2)3)10-11-27(41)29(28)34)38-30(19(4)5)32(42)37-23-15-36-40(17-23)22(8)31-21(7)14-24(16-35-31)39-13-12-20(6)33(39)43/h9-11,14-18,20,22,41H,4,12-13H2,1-3,5-8H3,(H,37,42)/b26-9-,38-30?/t20-,22?/m1/s1. The fraction of sp³-hybridized carbons (Fsp3) is 0.364. The first kappa shape index (κ1) is 31.5. The Bertz CT molecular complexity index is 1640. The molecule has 0 spiro atoms. The molecule has 1 aliphatic rings. The van der Waals surface area contributed by atoms with Crippen LogP contribution in [-0.2, 0) is 9.59 Å². The molecule has 222 valence electrons. The molecule has 2 amide bonds. The summed E-state index contributed by atoms with van der Waals surface area (Å²) in [5, 5.41) is 17.6. The van der Waals surface area contributed by atoms with Crippen LogP contribution in [0.2, 0.25) is 0 Å². The molecular formula is C33H39BN6O3. The summed E-state index contributed by atoms with van der Waals surface area (Å²) >= 11 is 0. The van der Waals surface area contributed by atoms with Crippen molar-refractivity contribution in [2.75, 3.05) is 16.8 Å². The average molecular weight is 579 g/mol. The van der Waals surface area contributed by atoms with Crippen LogP contribution in [0.4, 0.5) is 11.4 Å². The molecule has 2 radical (unpaired) electrons. The Hall–Kier alpha value is -4.47. The molecule has 1 saturated heterocycles. The highest BCUT2D eigenvalue weighted by atomic mass is 16.3. The fourth-order valence-electron chi connectivity index (χ4n) is 5.28. The molecule has 0 bridgehead atoms. The quantitative estimate of drug-likeness (QED) is 0.268. The van der Waals surface area contributed by atoms with Gasteiger partial charge in [-0.15, -0.1) is 0 Å². The number of aromatic hydroxyl groups is 1. The predicted octanol–water partition coefficient (Wildman–Crippen LogP) is 5.21. The van der Waals surface area contributed by atoms with Gasteiger partial charge in [-0.1, -0.05) is 39.5 Å². The zero-order valence-corrected chi connectivity index (χ0v) is 26.0. The first-order chi connectivity index (χ1) is 20.3. The van der Waals surface area contributed by atoms with Gasteiger partial charge < -0.3 is 15.3 Å². The number of pyridine rings is 1. The van der Waals surface area contributed by atoms with E-state index in [9.17, 15) is 14.7 Å². The monoisotopic (exact) mass is 578 g/mol. The van der Waals surface area contributed by atoms with Crippen molar-refractivity contribution < 1.29 is 14.7 Å². The Morgan fingerprint density at radius 2 is 2.00 bits per heavy atom. The third kappa shape index (κ3) is 6.48. The van der Waals surface area contributed by atoms with Crippen LogP contribution >= 0.6 is 0 Å². The zero-order valence-electron chi connectivity index (χ0n) is 26.0. The summed E-state index contributed by atoms with van der Waals surface area (Å²) < 4.78 is 1.73. The molecule has 0 aliphatic carbocycles. The smallest absolute Gasteiger partial charge is 0.274 e. The highest BCUT2D eigenvalue weighted by molar-refractivity contribution is 6.49. The van der Waals surface area contributed by atoms with Crippen LogP contribution in [0.5, 0.6) is 5.75 Å². The van der Waals surface area contributed by atoms with Crippen molar-refractivity contribution in [3.05, 3.63) is 77.4 Å². The number of anilines is 2. The van der Waals surface area contributed by atoms with Crippen molar-refractivity contribution in [1.82, 2.24) is 14.8 Å². The van der Waals surface area contributed by atoms with E-state index in [2.05, 4.69) is 27.0 Å². The molecule has 9 nitrogen and oxygen atoms in total. The number of hydrogen-bond donors (Lipinski definition) is 2. The lowest BCUT2D eigenvalue weighted by molar-refractivity contribution is -0.119. The number of benzene rings is 1. The normalized spacial score (nSPS) is 16.6. The van der Waals surface area contributed by atoms with Gasteiger partial charge in [0, 0.05) is 18.7 Å². The van der Waals surface area contributed by atoms with Crippen LogP contribution in [0, 0.1) is 12.8 Å². The molecule has 3 aromatic rings. The third-order valence-electron chi connectivity index (χ3n) is 7.80. The lowest BCUT2D eigenvalue weighted by Crippen LogP contribution is -2.26. The maximum Gasteiger partial charge on any atom is 0.274 e. The van der Waals surface area contributed by atoms with Gasteiger partial charge >= 0.3 is 0 Å². The van der Waals surface area contributed by atoms with Gasteiger partial charge in [-0.25, -0.2) is 4.99 Å². The van der Waals surface area contributed by atoms with Crippen LogP contribution in [0.3, 0.4) is 0 Å². The number of rotatable bonds is 9. The van der Waals surface area contributed by atoms with E-state index in [0.717, 1.165) is 28.9 Å². The van der Waals surface area contributed by atoms with Gasteiger partial charge in [0.25, 0.3) is 5.91 Å².